The number of hydrogen-bond donors (Lipinski definition) is 1. The van der Waals surface area contributed by atoms with E-state index in [0.29, 0.717) is 5.92 Å². The fraction of sp³-hybridized carbons (Fsp3) is 0.552. The third kappa shape index (κ3) is 4.19. The van der Waals surface area contributed by atoms with Gasteiger partial charge in [-0.15, -0.1) is 0 Å². The van der Waals surface area contributed by atoms with Crippen LogP contribution in [0.15, 0.2) is 42.5 Å². The van der Waals surface area contributed by atoms with Gasteiger partial charge in [-0.1, -0.05) is 30.3 Å². The second-order valence-corrected chi connectivity index (χ2v) is 11.1. The molecule has 0 radical (unpaired) electrons. The van der Waals surface area contributed by atoms with Crippen molar-refractivity contribution >= 4 is 6.09 Å². The molecule has 1 saturated carbocycles. The van der Waals surface area contributed by atoms with Crippen molar-refractivity contribution in [3.05, 3.63) is 53.6 Å². The van der Waals surface area contributed by atoms with Gasteiger partial charge in [-0.2, -0.15) is 0 Å². The molecule has 5 aliphatic rings. The van der Waals surface area contributed by atoms with Gasteiger partial charge in [0.2, 0.25) is 0 Å². The summed E-state index contributed by atoms with van der Waals surface area (Å²) < 4.78 is 11.8. The first-order valence-corrected chi connectivity index (χ1v) is 13.1. The van der Waals surface area contributed by atoms with Crippen LogP contribution in [-0.4, -0.2) is 42.8 Å². The molecule has 5 heteroatoms. The van der Waals surface area contributed by atoms with E-state index in [1.807, 2.05) is 26.0 Å². The summed E-state index contributed by atoms with van der Waals surface area (Å²) in [6, 6.07) is 15.2. The Balaban J connectivity index is 1.19. The van der Waals surface area contributed by atoms with Gasteiger partial charge in [0.1, 0.15) is 11.9 Å². The van der Waals surface area contributed by atoms with Crippen LogP contribution in [-0.2, 0) is 11.2 Å². The van der Waals surface area contributed by atoms with E-state index in [1.165, 1.54) is 35.1 Å². The van der Waals surface area contributed by atoms with Crippen LogP contribution >= 0.6 is 0 Å². The molecule has 1 amide bonds. The fourth-order valence-corrected chi connectivity index (χ4v) is 6.40. The van der Waals surface area contributed by atoms with E-state index in [-0.39, 0.29) is 29.8 Å². The molecule has 7 rings (SSSR count). The minimum Gasteiger partial charge on any atom is -0.491 e. The van der Waals surface area contributed by atoms with Gasteiger partial charge in [0.05, 0.1) is 12.1 Å². The Morgan fingerprint density at radius 2 is 1.76 bits per heavy atom. The van der Waals surface area contributed by atoms with E-state index in [9.17, 15) is 4.79 Å². The average Bonchev–Trinajstić information content (AvgIpc) is 3.62. The van der Waals surface area contributed by atoms with Gasteiger partial charge < -0.3 is 14.8 Å². The predicted molar refractivity (Wildman–Crippen MR) is 133 cm³/mol. The monoisotopic (exact) mass is 460 g/mol. The van der Waals surface area contributed by atoms with E-state index in [2.05, 4.69) is 40.5 Å². The van der Waals surface area contributed by atoms with Gasteiger partial charge in [0.15, 0.2) is 0 Å². The van der Waals surface area contributed by atoms with E-state index in [1.54, 1.807) is 0 Å². The highest BCUT2D eigenvalue weighted by Crippen LogP contribution is 2.61. The van der Waals surface area contributed by atoms with Crippen molar-refractivity contribution in [2.45, 2.75) is 70.6 Å². The molecule has 4 fully saturated rings. The summed E-state index contributed by atoms with van der Waals surface area (Å²) in [6.45, 7) is 7.29. The lowest BCUT2D eigenvalue weighted by atomic mass is 9.76. The number of benzene rings is 2. The smallest absolute Gasteiger partial charge is 0.407 e. The summed E-state index contributed by atoms with van der Waals surface area (Å²) in [5, 5.41) is 3.32. The van der Waals surface area contributed by atoms with Crippen molar-refractivity contribution in [2.24, 2.45) is 11.3 Å². The molecule has 3 aliphatic heterocycles. The van der Waals surface area contributed by atoms with Crippen LogP contribution < -0.4 is 10.1 Å². The van der Waals surface area contributed by atoms with Crippen LogP contribution in [0.1, 0.15) is 63.1 Å². The van der Waals surface area contributed by atoms with Gasteiger partial charge >= 0.3 is 6.09 Å². The lowest BCUT2D eigenvalue weighted by Gasteiger charge is -2.44. The van der Waals surface area contributed by atoms with E-state index >= 15 is 0 Å². The first kappa shape index (κ1) is 22.0. The highest BCUT2D eigenvalue weighted by Gasteiger charge is 2.53. The van der Waals surface area contributed by atoms with Crippen molar-refractivity contribution in [1.82, 2.24) is 10.2 Å². The summed E-state index contributed by atoms with van der Waals surface area (Å²) in [5.41, 5.74) is 5.26. The highest BCUT2D eigenvalue weighted by molar-refractivity contribution is 5.70. The van der Waals surface area contributed by atoms with E-state index < -0.39 is 0 Å². The molecular formula is C29H36N2O3. The van der Waals surface area contributed by atoms with Crippen LogP contribution in [0.25, 0.3) is 11.1 Å². The zero-order valence-electron chi connectivity index (χ0n) is 20.4. The van der Waals surface area contributed by atoms with Crippen LogP contribution in [0.4, 0.5) is 4.79 Å². The molecule has 34 heavy (non-hydrogen) atoms. The predicted octanol–water partition coefficient (Wildman–Crippen LogP) is 5.73. The SMILES string of the molecule is CC(C)Oc1ccc(-c2ccc3c(c2)CCC2(CC2)C3NC(=O)O[C@H]2CN3CCC2CC3)cc1. The topological polar surface area (TPSA) is 50.8 Å². The minimum absolute atomic E-state index is 0.0470. The Bertz CT molecular complexity index is 1050. The zero-order chi connectivity index (χ0) is 23.3. The summed E-state index contributed by atoms with van der Waals surface area (Å²) in [5.74, 6) is 1.43. The van der Waals surface area contributed by atoms with Crippen LogP contribution in [0.5, 0.6) is 5.75 Å². The number of nitrogens with one attached hydrogen (secondary N) is 1. The van der Waals surface area contributed by atoms with Gasteiger partial charge in [-0.3, -0.25) is 4.90 Å². The van der Waals surface area contributed by atoms with Gasteiger partial charge in [-0.25, -0.2) is 4.79 Å². The van der Waals surface area contributed by atoms with Crippen molar-refractivity contribution in [3.63, 3.8) is 0 Å². The maximum atomic E-state index is 13.0. The number of carbonyl (C=O) groups excluding carboxylic acids is 1. The van der Waals surface area contributed by atoms with Crippen LogP contribution in [0.2, 0.25) is 0 Å². The molecule has 3 saturated heterocycles. The Kier molecular flexibility index (Phi) is 5.56. The Hall–Kier alpha value is -2.53. The third-order valence-electron chi connectivity index (χ3n) is 8.53. The Morgan fingerprint density at radius 3 is 2.41 bits per heavy atom. The number of nitrogens with zero attached hydrogens (tertiary/aromatic N) is 1. The first-order chi connectivity index (χ1) is 16.5. The van der Waals surface area contributed by atoms with E-state index in [4.69, 9.17) is 9.47 Å². The van der Waals surface area contributed by atoms with Crippen LogP contribution in [0, 0.1) is 11.3 Å². The molecule has 1 unspecified atom stereocenters. The number of ether oxygens (including phenoxy) is 2. The number of amides is 1. The fourth-order valence-electron chi connectivity index (χ4n) is 6.40. The molecular weight excluding hydrogens is 424 g/mol. The molecule has 5 nitrogen and oxygen atoms in total. The third-order valence-corrected chi connectivity index (χ3v) is 8.53. The summed E-state index contributed by atoms with van der Waals surface area (Å²) in [4.78, 5) is 15.4. The van der Waals surface area contributed by atoms with Crippen molar-refractivity contribution in [1.29, 1.82) is 0 Å². The maximum absolute atomic E-state index is 13.0. The second-order valence-electron chi connectivity index (χ2n) is 11.1. The zero-order valence-corrected chi connectivity index (χ0v) is 20.4. The quantitative estimate of drug-likeness (QED) is 0.619. The minimum atomic E-state index is -0.229. The maximum Gasteiger partial charge on any atom is 0.407 e. The van der Waals surface area contributed by atoms with Gasteiger partial charge in [0.25, 0.3) is 0 Å². The molecule has 180 valence electrons. The molecule has 1 spiro atoms. The average molecular weight is 461 g/mol. The second kappa shape index (κ2) is 8.60. The number of piperidine rings is 3. The first-order valence-electron chi connectivity index (χ1n) is 13.1. The van der Waals surface area contributed by atoms with Gasteiger partial charge in [-0.05, 0) is 111 Å². The molecule has 2 atom stereocenters. The lowest BCUT2D eigenvalue weighted by Crippen LogP contribution is -2.53. The summed E-state index contributed by atoms with van der Waals surface area (Å²) in [6.07, 6.45) is 6.89. The number of fused-ring (bicyclic) bond motifs is 4. The highest BCUT2D eigenvalue weighted by atomic mass is 16.6. The number of alkyl carbamates (subject to hydrolysis) is 1. The lowest BCUT2D eigenvalue weighted by molar-refractivity contribution is -0.0347. The summed E-state index contributed by atoms with van der Waals surface area (Å²) in [7, 11) is 0. The number of carbonyl (C=O) groups is 1. The molecule has 2 bridgehead atoms. The Morgan fingerprint density at radius 1 is 1.03 bits per heavy atom. The largest absolute Gasteiger partial charge is 0.491 e. The molecule has 3 heterocycles. The standard InChI is InChI=1S/C29H36N2O3/c1-19(2)33-24-6-3-20(4-7-24)22-5-8-25-23(17-22)9-12-29(13-14-29)27(25)30-28(32)34-26-18-31-15-10-21(26)11-16-31/h3-8,17,19,21,26-27H,9-16,18H2,1-2H3,(H,30,32)/t26-,27?/m0/s1. The van der Waals surface area contributed by atoms with Gasteiger partial charge in [0, 0.05) is 6.54 Å². The number of rotatable bonds is 5. The molecule has 1 N–H and O–H groups in total. The molecule has 0 aromatic heterocycles. The van der Waals surface area contributed by atoms with Crippen molar-refractivity contribution < 1.29 is 14.3 Å². The van der Waals surface area contributed by atoms with E-state index in [0.717, 1.165) is 51.1 Å². The van der Waals surface area contributed by atoms with Crippen molar-refractivity contribution in [2.75, 3.05) is 19.6 Å². The molecule has 2 aromatic carbocycles. The normalized spacial score (nSPS) is 28.4. The number of aryl methyl sites for hydroxylation is 1. The number of hydrogen-bond acceptors (Lipinski definition) is 4. The molecule has 2 aliphatic carbocycles. The Labute approximate surface area is 202 Å². The molecule has 2 aromatic rings. The van der Waals surface area contributed by atoms with Crippen LogP contribution in [0.3, 0.4) is 0 Å². The van der Waals surface area contributed by atoms with Crippen molar-refractivity contribution in [3.8, 4) is 16.9 Å². The summed E-state index contributed by atoms with van der Waals surface area (Å²) >= 11 is 0.